The highest BCUT2D eigenvalue weighted by molar-refractivity contribution is 9.10. The van der Waals surface area contributed by atoms with Crippen LogP contribution in [-0.2, 0) is 22.4 Å². The fourth-order valence-corrected chi connectivity index (χ4v) is 6.66. The van der Waals surface area contributed by atoms with Crippen LogP contribution in [0.25, 0.3) is 0 Å². The number of rotatable bonds is 3. The lowest BCUT2D eigenvalue weighted by molar-refractivity contribution is -0.145. The highest BCUT2D eigenvalue weighted by Crippen LogP contribution is 2.39. The smallest absolute Gasteiger partial charge is 0.411 e. The highest BCUT2D eigenvalue weighted by Gasteiger charge is 2.45. The number of amides is 2. The third kappa shape index (κ3) is 5.74. The van der Waals surface area contributed by atoms with Crippen molar-refractivity contribution in [2.24, 2.45) is 0 Å². The maximum absolute atomic E-state index is 14.0. The molecule has 0 bridgehead atoms. The summed E-state index contributed by atoms with van der Waals surface area (Å²) >= 11 is 10.0. The van der Waals surface area contributed by atoms with Crippen LogP contribution in [-0.4, -0.2) is 85.6 Å². The fourth-order valence-electron chi connectivity index (χ4n) is 6.09. The molecule has 2 amide bonds. The molecule has 9 nitrogen and oxygen atoms in total. The molecule has 1 aromatic carbocycles. The van der Waals surface area contributed by atoms with Gasteiger partial charge in [-0.1, -0.05) is 17.7 Å². The predicted octanol–water partition coefficient (Wildman–Crippen LogP) is 4.89. The summed E-state index contributed by atoms with van der Waals surface area (Å²) < 4.78 is 8.72. The topological polar surface area (TPSA) is 83.8 Å². The van der Waals surface area contributed by atoms with Gasteiger partial charge in [-0.2, -0.15) is 0 Å². The number of hydrogen-bond acceptors (Lipinski definition) is 6. The summed E-state index contributed by atoms with van der Waals surface area (Å²) in [5, 5.41) is 0.704. The van der Waals surface area contributed by atoms with Crippen LogP contribution < -0.4 is 0 Å². The highest BCUT2D eigenvalue weighted by atomic mass is 79.9. The normalized spacial score (nSPS) is 21.5. The number of imidazole rings is 1. The van der Waals surface area contributed by atoms with E-state index in [1.807, 2.05) is 54.8 Å². The van der Waals surface area contributed by atoms with Crippen molar-refractivity contribution < 1.29 is 14.3 Å². The van der Waals surface area contributed by atoms with Gasteiger partial charge in [-0.05, 0) is 84.4 Å². The van der Waals surface area contributed by atoms with E-state index in [1.165, 1.54) is 11.1 Å². The molecule has 0 radical (unpaired) electrons. The standard InChI is InChI=1S/C30H34BrClN6O3/c1-30(2,3)41-29(40)38-11-10-35(17-25(38)28(39)37-15-23(16-37)36-9-8-33-18-36)27-24-7-6-22(32)13-19(24)4-5-20-12-21(31)14-34-26(20)27/h6-9,12-14,18,23,25,27H,4-5,10-11,15-17H2,1-3H3/t25-,27?/m1/s1. The van der Waals surface area contributed by atoms with Crippen molar-refractivity contribution >= 4 is 39.5 Å². The van der Waals surface area contributed by atoms with Gasteiger partial charge in [-0.3, -0.25) is 19.6 Å². The number of halogens is 2. The molecule has 4 heterocycles. The Morgan fingerprint density at radius 1 is 1.07 bits per heavy atom. The minimum absolute atomic E-state index is 0.0640. The summed E-state index contributed by atoms with van der Waals surface area (Å²) in [5.74, 6) is -0.0640. The molecule has 2 aromatic heterocycles. The zero-order chi connectivity index (χ0) is 28.9. The summed E-state index contributed by atoms with van der Waals surface area (Å²) in [6.07, 6.45) is 8.51. The molecular weight excluding hydrogens is 608 g/mol. The number of pyridine rings is 1. The molecule has 11 heteroatoms. The zero-order valence-corrected chi connectivity index (χ0v) is 25.8. The van der Waals surface area contributed by atoms with Gasteiger partial charge in [0.1, 0.15) is 11.6 Å². The Morgan fingerprint density at radius 3 is 2.59 bits per heavy atom. The average molecular weight is 642 g/mol. The van der Waals surface area contributed by atoms with E-state index in [0.29, 0.717) is 37.7 Å². The Bertz CT molecular complexity index is 1400. The average Bonchev–Trinajstić information content (AvgIpc) is 3.36. The first kappa shape index (κ1) is 28.2. The number of aryl methyl sites for hydroxylation is 2. The summed E-state index contributed by atoms with van der Waals surface area (Å²) in [7, 11) is 0. The van der Waals surface area contributed by atoms with Crippen LogP contribution in [0, 0.1) is 0 Å². The Morgan fingerprint density at radius 2 is 1.85 bits per heavy atom. The molecule has 1 unspecified atom stereocenters. The molecule has 0 saturated carbocycles. The van der Waals surface area contributed by atoms with Gasteiger partial charge in [0.15, 0.2) is 0 Å². The van der Waals surface area contributed by atoms with Crippen LogP contribution in [0.4, 0.5) is 4.79 Å². The summed E-state index contributed by atoms with van der Waals surface area (Å²) in [6.45, 7) is 8.01. The van der Waals surface area contributed by atoms with Crippen LogP contribution in [0.1, 0.15) is 55.2 Å². The lowest BCUT2D eigenvalue weighted by Crippen LogP contribution is -2.64. The van der Waals surface area contributed by atoms with Crippen molar-refractivity contribution in [1.29, 1.82) is 0 Å². The molecule has 2 fully saturated rings. The van der Waals surface area contributed by atoms with Crippen molar-refractivity contribution in [1.82, 2.24) is 29.2 Å². The second-order valence-corrected chi connectivity index (χ2v) is 13.4. The number of aromatic nitrogens is 3. The molecule has 2 atom stereocenters. The third-order valence-corrected chi connectivity index (χ3v) is 8.77. The largest absolute Gasteiger partial charge is 0.444 e. The lowest BCUT2D eigenvalue weighted by Gasteiger charge is -2.47. The van der Waals surface area contributed by atoms with Crippen LogP contribution in [0.15, 0.2) is 53.7 Å². The molecule has 2 saturated heterocycles. The molecule has 41 heavy (non-hydrogen) atoms. The number of carbonyl (C=O) groups excluding carboxylic acids is 2. The van der Waals surface area contributed by atoms with E-state index in [9.17, 15) is 9.59 Å². The third-order valence-electron chi connectivity index (χ3n) is 8.10. The first-order valence-electron chi connectivity index (χ1n) is 14.0. The maximum Gasteiger partial charge on any atom is 0.411 e. The van der Waals surface area contributed by atoms with E-state index in [2.05, 4.69) is 37.9 Å². The predicted molar refractivity (Wildman–Crippen MR) is 159 cm³/mol. The van der Waals surface area contributed by atoms with Crippen LogP contribution in [0.2, 0.25) is 5.02 Å². The number of piperazine rings is 1. The van der Waals surface area contributed by atoms with E-state index in [-0.39, 0.29) is 18.0 Å². The van der Waals surface area contributed by atoms with E-state index in [4.69, 9.17) is 21.3 Å². The van der Waals surface area contributed by atoms with E-state index in [1.54, 1.807) is 17.4 Å². The SMILES string of the molecule is CC(C)(C)OC(=O)N1CCN(C2c3ccc(Cl)cc3CCc3cc(Br)cnc32)C[C@@H]1C(=O)N1CC(n2ccnc2)C1. The molecule has 0 spiro atoms. The van der Waals surface area contributed by atoms with Gasteiger partial charge in [0.05, 0.1) is 24.1 Å². The van der Waals surface area contributed by atoms with E-state index in [0.717, 1.165) is 28.6 Å². The molecule has 3 aromatic rings. The van der Waals surface area contributed by atoms with Crippen LogP contribution in [0.3, 0.4) is 0 Å². The Balaban J connectivity index is 1.33. The fraction of sp³-hybridized carbons (Fsp3) is 0.467. The molecule has 1 aliphatic carbocycles. The van der Waals surface area contributed by atoms with Crippen molar-refractivity contribution in [2.45, 2.75) is 57.3 Å². The Kier molecular flexibility index (Phi) is 7.59. The minimum Gasteiger partial charge on any atom is -0.444 e. The number of hydrogen-bond donors (Lipinski definition) is 0. The number of carbonyl (C=O) groups is 2. The van der Waals surface area contributed by atoms with Gasteiger partial charge >= 0.3 is 6.09 Å². The van der Waals surface area contributed by atoms with E-state index >= 15 is 0 Å². The minimum atomic E-state index is -0.680. The molecule has 216 valence electrons. The second-order valence-electron chi connectivity index (χ2n) is 12.0. The number of ether oxygens (including phenoxy) is 1. The molecule has 0 N–H and O–H groups in total. The molecule has 6 rings (SSSR count). The van der Waals surface area contributed by atoms with Gasteiger partial charge < -0.3 is 14.2 Å². The monoisotopic (exact) mass is 640 g/mol. The van der Waals surface area contributed by atoms with Gasteiger partial charge in [-0.15, -0.1) is 0 Å². The van der Waals surface area contributed by atoms with Gasteiger partial charge in [0.25, 0.3) is 0 Å². The van der Waals surface area contributed by atoms with Crippen LogP contribution in [0.5, 0.6) is 0 Å². The first-order valence-corrected chi connectivity index (χ1v) is 15.2. The summed E-state index contributed by atoms with van der Waals surface area (Å²) in [4.78, 5) is 42.2. The number of nitrogens with zero attached hydrogens (tertiary/aromatic N) is 6. The quantitative estimate of drug-likeness (QED) is 0.405. The van der Waals surface area contributed by atoms with E-state index < -0.39 is 17.7 Å². The number of likely N-dealkylation sites (tertiary alicyclic amines) is 1. The van der Waals surface area contributed by atoms with Crippen LogP contribution >= 0.6 is 27.5 Å². The second kappa shape index (κ2) is 11.0. The van der Waals surface area contributed by atoms with Crippen molar-refractivity contribution in [3.63, 3.8) is 0 Å². The Labute approximate surface area is 253 Å². The summed E-state index contributed by atoms with van der Waals surface area (Å²) in [5.41, 5.74) is 3.81. The zero-order valence-electron chi connectivity index (χ0n) is 23.5. The first-order chi connectivity index (χ1) is 19.6. The molecule has 2 aliphatic heterocycles. The Hall–Kier alpha value is -2.95. The molecule has 3 aliphatic rings. The number of benzene rings is 1. The van der Waals surface area contributed by atoms with Gasteiger partial charge in [0.2, 0.25) is 5.91 Å². The van der Waals surface area contributed by atoms with Crippen molar-refractivity contribution in [2.75, 3.05) is 32.7 Å². The van der Waals surface area contributed by atoms with Crippen molar-refractivity contribution in [3.8, 4) is 0 Å². The molecular formula is C30H34BrClN6O3. The van der Waals surface area contributed by atoms with Gasteiger partial charge in [0, 0.05) is 60.8 Å². The lowest BCUT2D eigenvalue weighted by atomic mass is 9.94. The van der Waals surface area contributed by atoms with Crippen molar-refractivity contribution in [3.05, 3.63) is 81.1 Å². The summed E-state index contributed by atoms with van der Waals surface area (Å²) in [6, 6.07) is 7.53. The van der Waals surface area contributed by atoms with Gasteiger partial charge in [-0.25, -0.2) is 9.78 Å². The number of fused-ring (bicyclic) bond motifs is 2. The maximum atomic E-state index is 14.0.